The van der Waals surface area contributed by atoms with Gasteiger partial charge in [0, 0.05) is 0 Å². The zero-order valence-corrected chi connectivity index (χ0v) is 27.7. The van der Waals surface area contributed by atoms with Crippen LogP contribution in [0.5, 0.6) is 0 Å². The van der Waals surface area contributed by atoms with E-state index < -0.39 is 19.0 Å². The summed E-state index contributed by atoms with van der Waals surface area (Å²) < 4.78 is 24.8. The molecule has 5 aliphatic carbocycles. The topological polar surface area (TPSA) is 93.1 Å². The second-order valence-corrected chi connectivity index (χ2v) is 18.0. The first-order chi connectivity index (χ1) is 19.1. The van der Waals surface area contributed by atoms with Crippen LogP contribution in [0.4, 0.5) is 0 Å². The Balaban J connectivity index is 1.51. The number of hydrogen-bond donors (Lipinski definition) is 2. The van der Waals surface area contributed by atoms with Crippen LogP contribution in [-0.4, -0.2) is 41.7 Å². The van der Waals surface area contributed by atoms with Gasteiger partial charge in [-0.2, -0.15) is 0 Å². The quantitative estimate of drug-likeness (QED) is 0.217. The summed E-state index contributed by atoms with van der Waals surface area (Å²) in [5.41, 5.74) is 0.370. The molecule has 234 valence electrons. The van der Waals surface area contributed by atoms with Crippen molar-refractivity contribution in [3.05, 3.63) is 12.2 Å². The van der Waals surface area contributed by atoms with Gasteiger partial charge in [0.15, 0.2) is 0 Å². The first-order valence-electron chi connectivity index (χ1n) is 16.5. The lowest BCUT2D eigenvalue weighted by atomic mass is 9.32. The Morgan fingerprint density at radius 2 is 1.51 bits per heavy atom. The van der Waals surface area contributed by atoms with Gasteiger partial charge in [-0.05, 0) is 129 Å². The molecular weight excluding hydrogens is 535 g/mol. The molecule has 0 saturated heterocycles. The molecule has 6 nitrogen and oxygen atoms in total. The summed E-state index contributed by atoms with van der Waals surface area (Å²) in [6.07, 6.45) is 9.45. The molecule has 0 radical (unpaired) electrons. The molecule has 10 atom stereocenters. The number of carboxylic acid groups (broad SMARTS) is 1. The third-order valence-corrected chi connectivity index (χ3v) is 16.5. The number of aliphatic carboxylic acids is 1. The Labute approximate surface area is 249 Å². The third kappa shape index (κ3) is 4.42. The number of allylic oxidation sites excluding steroid dienone is 1. The number of carboxylic acids is 1. The Bertz CT molecular complexity index is 1090. The number of fused-ring (bicyclic) bond motifs is 7. The van der Waals surface area contributed by atoms with Crippen molar-refractivity contribution in [2.75, 3.05) is 19.4 Å². The largest absolute Gasteiger partial charge is 0.481 e. The predicted molar refractivity (Wildman–Crippen MR) is 163 cm³/mol. The van der Waals surface area contributed by atoms with Crippen molar-refractivity contribution in [3.63, 3.8) is 0 Å². The van der Waals surface area contributed by atoms with Crippen molar-refractivity contribution >= 4 is 13.6 Å². The van der Waals surface area contributed by atoms with E-state index in [-0.39, 0.29) is 45.8 Å². The smallest absolute Gasteiger partial charge is 0.334 e. The van der Waals surface area contributed by atoms with Gasteiger partial charge in [-0.25, -0.2) is 0 Å². The SMILES string of the molecule is C=C(CP(=O)(OCC)OCC)C1CCC2(C(=O)O)CC[C@]3(C)C(CCC4[C@@]5(C)CCC(O)C(C)(C)C5CC[C@]43C)C12. The van der Waals surface area contributed by atoms with Crippen LogP contribution in [0.1, 0.15) is 113 Å². The van der Waals surface area contributed by atoms with Crippen molar-refractivity contribution in [3.8, 4) is 0 Å². The third-order valence-electron chi connectivity index (χ3n) is 14.4. The molecule has 5 saturated carbocycles. The van der Waals surface area contributed by atoms with E-state index in [0.717, 1.165) is 56.9 Å². The van der Waals surface area contributed by atoms with Crippen LogP contribution >= 0.6 is 7.60 Å². The highest BCUT2D eigenvalue weighted by Gasteiger charge is 2.72. The van der Waals surface area contributed by atoms with Gasteiger partial charge >= 0.3 is 13.6 Å². The number of aliphatic hydroxyl groups is 1. The second kappa shape index (κ2) is 10.5. The van der Waals surface area contributed by atoms with E-state index >= 15 is 0 Å². The Morgan fingerprint density at radius 3 is 2.12 bits per heavy atom. The van der Waals surface area contributed by atoms with Crippen molar-refractivity contribution < 1.29 is 28.6 Å². The highest BCUT2D eigenvalue weighted by molar-refractivity contribution is 7.54. The zero-order valence-electron chi connectivity index (χ0n) is 26.8. The van der Waals surface area contributed by atoms with Gasteiger partial charge in [0.1, 0.15) is 0 Å². The molecule has 5 aliphatic rings. The average molecular weight is 593 g/mol. The molecule has 5 rings (SSSR count). The van der Waals surface area contributed by atoms with Crippen LogP contribution in [0, 0.1) is 56.7 Å². The molecule has 5 fully saturated rings. The summed E-state index contributed by atoms with van der Waals surface area (Å²) in [4.78, 5) is 13.1. The maximum absolute atomic E-state index is 13.5. The van der Waals surface area contributed by atoms with Gasteiger partial charge in [0.2, 0.25) is 0 Å². The number of aliphatic hydroxyl groups excluding tert-OH is 1. The Kier molecular flexibility index (Phi) is 8.09. The molecule has 0 aromatic rings. The molecule has 0 aliphatic heterocycles. The zero-order chi connectivity index (χ0) is 30.2. The minimum Gasteiger partial charge on any atom is -0.481 e. The minimum absolute atomic E-state index is 0.00382. The second-order valence-electron chi connectivity index (χ2n) is 15.9. The fourth-order valence-corrected chi connectivity index (χ4v) is 14.1. The van der Waals surface area contributed by atoms with Gasteiger partial charge in [-0.1, -0.05) is 46.8 Å². The maximum Gasteiger partial charge on any atom is 0.334 e. The van der Waals surface area contributed by atoms with Crippen LogP contribution in [-0.2, 0) is 18.4 Å². The molecule has 7 heteroatoms. The van der Waals surface area contributed by atoms with Crippen LogP contribution in [0.25, 0.3) is 0 Å². The highest BCUT2D eigenvalue weighted by atomic mass is 31.2. The van der Waals surface area contributed by atoms with Crippen LogP contribution in [0.2, 0.25) is 0 Å². The van der Waals surface area contributed by atoms with E-state index in [1.807, 2.05) is 13.8 Å². The lowest BCUT2D eigenvalue weighted by molar-refractivity contribution is -0.248. The van der Waals surface area contributed by atoms with E-state index in [9.17, 15) is 19.6 Å². The lowest BCUT2D eigenvalue weighted by Crippen LogP contribution is -2.67. The molecule has 0 bridgehead atoms. The summed E-state index contributed by atoms with van der Waals surface area (Å²) in [5.74, 6) is 0.723. The minimum atomic E-state index is -3.32. The standard InChI is InChI=1S/C34H57O6P/c1-9-39-41(38,40-10-2)21-22(3)23-13-18-34(29(36)37)20-19-32(7)24(28(23)34)11-12-26-31(6)16-15-27(35)30(4,5)25(31)14-17-33(26,32)8/h23-28,35H,3,9-21H2,1-2,4-8H3,(H,36,37)/t23?,24?,25?,26?,27?,28?,31-,32+,33+,34?/m0/s1. The Hall–Kier alpha value is -0.680. The lowest BCUT2D eigenvalue weighted by Gasteiger charge is -2.72. The average Bonchev–Trinajstić information content (AvgIpc) is 3.28. The maximum atomic E-state index is 13.5. The molecule has 41 heavy (non-hydrogen) atoms. The van der Waals surface area contributed by atoms with Gasteiger partial charge in [-0.15, -0.1) is 0 Å². The molecule has 0 amide bonds. The summed E-state index contributed by atoms with van der Waals surface area (Å²) in [6, 6.07) is 0. The summed E-state index contributed by atoms with van der Waals surface area (Å²) in [7, 11) is -3.32. The van der Waals surface area contributed by atoms with E-state index in [4.69, 9.17) is 9.05 Å². The van der Waals surface area contributed by atoms with E-state index in [1.54, 1.807) is 0 Å². The summed E-state index contributed by atoms with van der Waals surface area (Å²) >= 11 is 0. The van der Waals surface area contributed by atoms with Crippen molar-refractivity contribution in [1.29, 1.82) is 0 Å². The fraction of sp³-hybridized carbons (Fsp3) is 0.912. The fourth-order valence-electron chi connectivity index (χ4n) is 12.3. The number of rotatable bonds is 8. The van der Waals surface area contributed by atoms with E-state index in [1.165, 1.54) is 0 Å². The van der Waals surface area contributed by atoms with Crippen molar-refractivity contribution in [1.82, 2.24) is 0 Å². The molecule has 0 spiro atoms. The first kappa shape index (κ1) is 31.7. The number of hydrogen-bond acceptors (Lipinski definition) is 5. The molecule has 0 aromatic heterocycles. The monoisotopic (exact) mass is 592 g/mol. The summed E-state index contributed by atoms with van der Waals surface area (Å²) in [5, 5.41) is 21.8. The van der Waals surface area contributed by atoms with Gasteiger partial charge in [0.05, 0.1) is 30.9 Å². The molecular formula is C34H57O6P. The van der Waals surface area contributed by atoms with E-state index in [0.29, 0.717) is 43.8 Å². The highest BCUT2D eigenvalue weighted by Crippen LogP contribution is 2.77. The van der Waals surface area contributed by atoms with Crippen LogP contribution in [0.15, 0.2) is 12.2 Å². The van der Waals surface area contributed by atoms with Gasteiger partial charge < -0.3 is 19.3 Å². The van der Waals surface area contributed by atoms with Crippen molar-refractivity contribution in [2.24, 2.45) is 56.7 Å². The Morgan fingerprint density at radius 1 is 0.854 bits per heavy atom. The molecule has 0 heterocycles. The van der Waals surface area contributed by atoms with Crippen LogP contribution in [0.3, 0.4) is 0 Å². The molecule has 2 N–H and O–H groups in total. The summed E-state index contributed by atoms with van der Waals surface area (Å²) in [6.45, 7) is 20.9. The predicted octanol–water partition coefficient (Wildman–Crippen LogP) is 8.34. The van der Waals surface area contributed by atoms with Crippen molar-refractivity contribution in [2.45, 2.75) is 119 Å². The normalized spacial score (nSPS) is 47.0. The first-order valence-corrected chi connectivity index (χ1v) is 18.3. The number of carbonyl (C=O) groups is 1. The van der Waals surface area contributed by atoms with E-state index in [2.05, 4.69) is 41.2 Å². The van der Waals surface area contributed by atoms with Gasteiger partial charge in [0.25, 0.3) is 0 Å². The molecule has 7 unspecified atom stereocenters. The molecule has 0 aromatic carbocycles. The van der Waals surface area contributed by atoms with Crippen LogP contribution < -0.4 is 0 Å². The van der Waals surface area contributed by atoms with Gasteiger partial charge in [-0.3, -0.25) is 9.36 Å².